The molecular weight excluding hydrogens is 306 g/mol. The SMILES string of the molecule is O=C(c1cc(-c2ccc(O)cc2)n[nH]1)N1CCC2(CCCO2)CC1. The van der Waals surface area contributed by atoms with Gasteiger partial charge in [-0.2, -0.15) is 5.10 Å². The molecule has 2 aromatic rings. The van der Waals surface area contributed by atoms with E-state index in [1.807, 2.05) is 4.90 Å². The van der Waals surface area contributed by atoms with E-state index in [-0.39, 0.29) is 17.3 Å². The van der Waals surface area contributed by atoms with Crippen molar-refractivity contribution in [2.45, 2.75) is 31.3 Å². The molecule has 1 spiro atoms. The third-order valence-electron chi connectivity index (χ3n) is 5.12. The summed E-state index contributed by atoms with van der Waals surface area (Å²) in [6, 6.07) is 8.54. The highest BCUT2D eigenvalue weighted by molar-refractivity contribution is 5.93. The molecule has 0 aliphatic carbocycles. The van der Waals surface area contributed by atoms with Crippen molar-refractivity contribution in [2.75, 3.05) is 19.7 Å². The van der Waals surface area contributed by atoms with Gasteiger partial charge < -0.3 is 14.7 Å². The Labute approximate surface area is 140 Å². The first-order valence-electron chi connectivity index (χ1n) is 8.43. The topological polar surface area (TPSA) is 78.4 Å². The summed E-state index contributed by atoms with van der Waals surface area (Å²) in [6.07, 6.45) is 4.07. The number of ether oxygens (including phenoxy) is 1. The number of hydrogen-bond acceptors (Lipinski definition) is 4. The lowest BCUT2D eigenvalue weighted by Crippen LogP contribution is -2.46. The second-order valence-corrected chi connectivity index (χ2v) is 6.64. The Morgan fingerprint density at radius 2 is 1.96 bits per heavy atom. The number of piperidine rings is 1. The maximum atomic E-state index is 12.7. The number of nitrogens with one attached hydrogen (secondary N) is 1. The second-order valence-electron chi connectivity index (χ2n) is 6.64. The number of nitrogens with zero attached hydrogens (tertiary/aromatic N) is 2. The molecule has 1 amide bonds. The number of H-pyrrole nitrogens is 1. The van der Waals surface area contributed by atoms with Crippen LogP contribution in [0.25, 0.3) is 11.3 Å². The van der Waals surface area contributed by atoms with Crippen molar-refractivity contribution in [3.63, 3.8) is 0 Å². The summed E-state index contributed by atoms with van der Waals surface area (Å²) in [6.45, 7) is 2.31. The van der Waals surface area contributed by atoms with Crippen LogP contribution in [0.5, 0.6) is 5.75 Å². The van der Waals surface area contributed by atoms with E-state index in [1.165, 1.54) is 0 Å². The number of aromatic hydroxyl groups is 1. The standard InChI is InChI=1S/C18H21N3O3/c22-14-4-2-13(3-5-14)15-12-16(20-19-15)17(23)21-9-7-18(8-10-21)6-1-11-24-18/h2-5,12,22H,1,6-11H2,(H,19,20). The Morgan fingerprint density at radius 1 is 1.21 bits per heavy atom. The fourth-order valence-electron chi connectivity index (χ4n) is 3.65. The molecule has 0 saturated carbocycles. The van der Waals surface area contributed by atoms with Gasteiger partial charge in [-0.1, -0.05) is 0 Å². The van der Waals surface area contributed by atoms with Crippen molar-refractivity contribution in [2.24, 2.45) is 0 Å². The molecule has 0 bridgehead atoms. The number of phenolic OH excluding ortho intramolecular Hbond substituents is 1. The summed E-state index contributed by atoms with van der Waals surface area (Å²) >= 11 is 0. The summed E-state index contributed by atoms with van der Waals surface area (Å²) < 4.78 is 5.91. The fourth-order valence-corrected chi connectivity index (χ4v) is 3.65. The van der Waals surface area contributed by atoms with Gasteiger partial charge in [0.1, 0.15) is 11.4 Å². The minimum absolute atomic E-state index is 0.0135. The van der Waals surface area contributed by atoms with Gasteiger partial charge in [-0.3, -0.25) is 9.89 Å². The number of hydrogen-bond donors (Lipinski definition) is 2. The lowest BCUT2D eigenvalue weighted by molar-refractivity contribution is -0.0388. The van der Waals surface area contributed by atoms with Crippen LogP contribution < -0.4 is 0 Å². The molecule has 1 aromatic heterocycles. The molecule has 0 atom stereocenters. The lowest BCUT2D eigenvalue weighted by atomic mass is 9.88. The third kappa shape index (κ3) is 2.78. The van der Waals surface area contributed by atoms with E-state index in [1.54, 1.807) is 30.3 Å². The zero-order valence-corrected chi connectivity index (χ0v) is 13.5. The molecule has 2 N–H and O–H groups in total. The van der Waals surface area contributed by atoms with Crippen LogP contribution in [0.3, 0.4) is 0 Å². The number of rotatable bonds is 2. The van der Waals surface area contributed by atoms with Crippen molar-refractivity contribution >= 4 is 5.91 Å². The van der Waals surface area contributed by atoms with Gasteiger partial charge in [0, 0.05) is 25.3 Å². The van der Waals surface area contributed by atoms with E-state index in [0.717, 1.165) is 50.9 Å². The largest absolute Gasteiger partial charge is 0.508 e. The Morgan fingerprint density at radius 3 is 2.62 bits per heavy atom. The molecule has 2 fully saturated rings. The van der Waals surface area contributed by atoms with E-state index in [2.05, 4.69) is 10.2 Å². The van der Waals surface area contributed by atoms with Crippen LogP contribution >= 0.6 is 0 Å². The summed E-state index contributed by atoms with van der Waals surface area (Å²) in [5.74, 6) is 0.197. The van der Waals surface area contributed by atoms with Gasteiger partial charge in [0.25, 0.3) is 5.91 Å². The van der Waals surface area contributed by atoms with E-state index < -0.39 is 0 Å². The first-order chi connectivity index (χ1) is 11.7. The summed E-state index contributed by atoms with van der Waals surface area (Å²) in [4.78, 5) is 14.6. The summed E-state index contributed by atoms with van der Waals surface area (Å²) in [5, 5.41) is 16.4. The quantitative estimate of drug-likeness (QED) is 0.888. The van der Waals surface area contributed by atoms with E-state index in [9.17, 15) is 9.90 Å². The minimum Gasteiger partial charge on any atom is -0.508 e. The molecule has 2 saturated heterocycles. The molecule has 126 valence electrons. The van der Waals surface area contributed by atoms with Crippen LogP contribution in [0.15, 0.2) is 30.3 Å². The zero-order chi connectivity index (χ0) is 16.6. The molecule has 4 rings (SSSR count). The predicted octanol–water partition coefficient (Wildman–Crippen LogP) is 2.57. The van der Waals surface area contributed by atoms with Gasteiger partial charge >= 0.3 is 0 Å². The van der Waals surface area contributed by atoms with Crippen LogP contribution in [0.2, 0.25) is 0 Å². The number of aromatic amines is 1. The normalized spacial score (nSPS) is 19.8. The number of carbonyl (C=O) groups excluding carboxylic acids is 1. The summed E-state index contributed by atoms with van der Waals surface area (Å²) in [5.41, 5.74) is 2.08. The number of benzene rings is 1. The number of phenols is 1. The molecule has 6 nitrogen and oxygen atoms in total. The Balaban J connectivity index is 1.45. The highest BCUT2D eigenvalue weighted by Crippen LogP contribution is 2.36. The molecular formula is C18H21N3O3. The minimum atomic E-state index is -0.0135. The van der Waals surface area contributed by atoms with Gasteiger partial charge in [-0.15, -0.1) is 0 Å². The number of carbonyl (C=O) groups is 1. The third-order valence-corrected chi connectivity index (χ3v) is 5.12. The van der Waals surface area contributed by atoms with Crippen LogP contribution in [-0.2, 0) is 4.74 Å². The number of amides is 1. The molecule has 3 heterocycles. The van der Waals surface area contributed by atoms with Crippen LogP contribution in [0.4, 0.5) is 0 Å². The van der Waals surface area contributed by atoms with Gasteiger partial charge in [0.2, 0.25) is 0 Å². The first kappa shape index (κ1) is 15.2. The van der Waals surface area contributed by atoms with Crippen molar-refractivity contribution in [3.05, 3.63) is 36.0 Å². The monoisotopic (exact) mass is 327 g/mol. The maximum absolute atomic E-state index is 12.7. The molecule has 0 radical (unpaired) electrons. The molecule has 2 aliphatic heterocycles. The Bertz CT molecular complexity index is 722. The summed E-state index contributed by atoms with van der Waals surface area (Å²) in [7, 11) is 0. The molecule has 1 aromatic carbocycles. The number of likely N-dealkylation sites (tertiary alicyclic amines) is 1. The lowest BCUT2D eigenvalue weighted by Gasteiger charge is -2.38. The van der Waals surface area contributed by atoms with E-state index >= 15 is 0 Å². The van der Waals surface area contributed by atoms with E-state index in [0.29, 0.717) is 11.4 Å². The maximum Gasteiger partial charge on any atom is 0.271 e. The van der Waals surface area contributed by atoms with Crippen molar-refractivity contribution < 1.29 is 14.6 Å². The van der Waals surface area contributed by atoms with Crippen LogP contribution in [0.1, 0.15) is 36.2 Å². The van der Waals surface area contributed by atoms with Crippen LogP contribution in [0, 0.1) is 0 Å². The molecule has 6 heteroatoms. The molecule has 0 unspecified atom stereocenters. The highest BCUT2D eigenvalue weighted by atomic mass is 16.5. The molecule has 2 aliphatic rings. The van der Waals surface area contributed by atoms with Crippen molar-refractivity contribution in [3.8, 4) is 17.0 Å². The average Bonchev–Trinajstić information content (AvgIpc) is 3.26. The predicted molar refractivity (Wildman–Crippen MR) is 88.7 cm³/mol. The van der Waals surface area contributed by atoms with Gasteiger partial charge in [0.05, 0.1) is 11.3 Å². The Hall–Kier alpha value is -2.34. The van der Waals surface area contributed by atoms with Gasteiger partial charge in [0.15, 0.2) is 0 Å². The fraction of sp³-hybridized carbons (Fsp3) is 0.444. The Kier molecular flexibility index (Phi) is 3.76. The van der Waals surface area contributed by atoms with Gasteiger partial charge in [-0.25, -0.2) is 0 Å². The second kappa shape index (κ2) is 5.94. The van der Waals surface area contributed by atoms with Crippen LogP contribution in [-0.4, -0.2) is 51.4 Å². The molecule has 24 heavy (non-hydrogen) atoms. The first-order valence-corrected chi connectivity index (χ1v) is 8.43. The average molecular weight is 327 g/mol. The van der Waals surface area contributed by atoms with E-state index in [4.69, 9.17) is 4.74 Å². The zero-order valence-electron chi connectivity index (χ0n) is 13.5. The highest BCUT2D eigenvalue weighted by Gasteiger charge is 2.39. The number of aromatic nitrogens is 2. The van der Waals surface area contributed by atoms with Gasteiger partial charge in [-0.05, 0) is 56.0 Å². The van der Waals surface area contributed by atoms with Crippen molar-refractivity contribution in [1.29, 1.82) is 0 Å². The van der Waals surface area contributed by atoms with Crippen molar-refractivity contribution in [1.82, 2.24) is 15.1 Å². The smallest absolute Gasteiger partial charge is 0.271 e.